The third-order valence-corrected chi connectivity index (χ3v) is 4.00. The van der Waals surface area contributed by atoms with Gasteiger partial charge in [0.2, 0.25) is 0 Å². The van der Waals surface area contributed by atoms with Crippen LogP contribution < -0.4 is 9.50 Å². The molecule has 130 valence electrons. The summed E-state index contributed by atoms with van der Waals surface area (Å²) in [4.78, 5) is 0. The van der Waals surface area contributed by atoms with Gasteiger partial charge in [0.1, 0.15) is 5.52 Å². The fourth-order valence-electron chi connectivity index (χ4n) is 1.98. The first kappa shape index (κ1) is 17.8. The lowest BCUT2D eigenvalue weighted by Crippen LogP contribution is -2.28. The zero-order chi connectivity index (χ0) is 18.1. The van der Waals surface area contributed by atoms with Crippen molar-refractivity contribution in [3.63, 3.8) is 0 Å². The third-order valence-electron chi connectivity index (χ3n) is 3.03. The van der Waals surface area contributed by atoms with Gasteiger partial charge in [-0.1, -0.05) is 0 Å². The number of alkyl halides is 3. The van der Waals surface area contributed by atoms with Gasteiger partial charge in [0.05, 0.1) is 6.20 Å². The van der Waals surface area contributed by atoms with E-state index >= 15 is 0 Å². The van der Waals surface area contributed by atoms with Crippen LogP contribution in [0.2, 0.25) is 0 Å². The van der Waals surface area contributed by atoms with E-state index < -0.39 is 21.4 Å². The number of nitrogens with one attached hydrogen (secondary N) is 2. The summed E-state index contributed by atoms with van der Waals surface area (Å²) in [6.07, 6.45) is 5.18. The largest absolute Gasteiger partial charge is 0.534 e. The summed E-state index contributed by atoms with van der Waals surface area (Å²) in [6.45, 7) is 1.55. The average Bonchev–Trinajstić information content (AvgIpc) is 2.84. The van der Waals surface area contributed by atoms with Crippen LogP contribution in [0.5, 0.6) is 5.75 Å². The molecule has 24 heavy (non-hydrogen) atoms. The average molecular weight is 362 g/mol. The van der Waals surface area contributed by atoms with Crippen LogP contribution in [0.1, 0.15) is 11.1 Å². The fourth-order valence-corrected chi connectivity index (χ4v) is 2.44. The Morgan fingerprint density at radius 2 is 2.12 bits per heavy atom. The van der Waals surface area contributed by atoms with Gasteiger partial charge in [-0.2, -0.15) is 26.7 Å². The molecule has 0 unspecified atom stereocenters. The molecule has 0 saturated carbocycles. The summed E-state index contributed by atoms with van der Waals surface area (Å²) < 4.78 is 65.9. The maximum atomic E-state index is 12.6. The molecule has 7 nitrogen and oxygen atoms in total. The summed E-state index contributed by atoms with van der Waals surface area (Å²) in [7, 11) is -4.26. The molecule has 0 aliphatic heterocycles. The van der Waals surface area contributed by atoms with E-state index in [-0.39, 0.29) is 11.1 Å². The third kappa shape index (κ3) is 3.20. The molecule has 0 spiro atoms. The van der Waals surface area contributed by atoms with Gasteiger partial charge in [0.15, 0.2) is 5.75 Å². The molecule has 11 heteroatoms. The van der Waals surface area contributed by atoms with E-state index in [0.717, 1.165) is 12.3 Å². The number of nitrogens with zero attached hydrogens (tertiary/aromatic N) is 2. The highest BCUT2D eigenvalue weighted by Gasteiger charge is 2.48. The van der Waals surface area contributed by atoms with Crippen molar-refractivity contribution in [1.82, 2.24) is 14.9 Å². The van der Waals surface area contributed by atoms with Gasteiger partial charge in [-0.25, -0.2) is 4.52 Å². The molecular weight excluding hydrogens is 349 g/mol. The van der Waals surface area contributed by atoms with Gasteiger partial charge in [-0.15, -0.1) is 0 Å². The van der Waals surface area contributed by atoms with E-state index in [1.807, 2.05) is 0 Å². The molecule has 0 fully saturated rings. The monoisotopic (exact) mass is 362 g/mol. The molecule has 0 saturated heterocycles. The second-order valence-electron chi connectivity index (χ2n) is 4.73. The molecule has 0 aromatic carbocycles. The molecule has 2 aromatic heterocycles. The number of fused-ring (bicyclic) bond motifs is 1. The first-order chi connectivity index (χ1) is 11.1. The number of hydrogen-bond donors (Lipinski definition) is 2. The molecule has 2 heterocycles. The van der Waals surface area contributed by atoms with Crippen LogP contribution in [0, 0.1) is 12.3 Å². The zero-order valence-electron chi connectivity index (χ0n) is 12.5. The fraction of sp³-hybridized carbons (Fsp3) is 0.231. The van der Waals surface area contributed by atoms with Crippen LogP contribution in [0.3, 0.4) is 0 Å². The van der Waals surface area contributed by atoms with E-state index in [9.17, 15) is 21.6 Å². The van der Waals surface area contributed by atoms with Crippen molar-refractivity contribution < 1.29 is 25.8 Å². The second-order valence-corrected chi connectivity index (χ2v) is 6.27. The highest BCUT2D eigenvalue weighted by Crippen LogP contribution is 2.32. The molecule has 2 N–H and O–H groups in total. The number of rotatable bonds is 5. The van der Waals surface area contributed by atoms with Crippen LogP contribution in [-0.4, -0.2) is 36.8 Å². The Kier molecular flexibility index (Phi) is 4.56. The second kappa shape index (κ2) is 6.15. The summed E-state index contributed by atoms with van der Waals surface area (Å²) >= 11 is 0. The summed E-state index contributed by atoms with van der Waals surface area (Å²) in [6, 6.07) is 1.11. The van der Waals surface area contributed by atoms with Crippen LogP contribution in [-0.2, 0) is 10.1 Å². The Morgan fingerprint density at radius 3 is 2.67 bits per heavy atom. The van der Waals surface area contributed by atoms with E-state index in [2.05, 4.69) is 14.6 Å². The SMILES string of the molecule is CN/C=C(\C=N)c1cc(OS(=O)(=O)C(F)(F)F)c2c(C)cnn2c1. The minimum atomic E-state index is -5.83. The molecular formula is C13H13F3N4O3S. The van der Waals surface area contributed by atoms with E-state index in [1.54, 1.807) is 14.0 Å². The molecule has 0 atom stereocenters. The maximum Gasteiger partial charge on any atom is 0.534 e. The number of allylic oxidation sites excluding steroid dienone is 1. The first-order valence-corrected chi connectivity index (χ1v) is 7.88. The van der Waals surface area contributed by atoms with Gasteiger partial charge in [-0.3, -0.25) is 0 Å². The molecule has 0 aliphatic carbocycles. The van der Waals surface area contributed by atoms with Crippen molar-refractivity contribution >= 4 is 27.4 Å². The Balaban J connectivity index is 2.69. The lowest BCUT2D eigenvalue weighted by atomic mass is 10.1. The maximum absolute atomic E-state index is 12.6. The molecule has 0 bridgehead atoms. The van der Waals surface area contributed by atoms with Crippen LogP contribution >= 0.6 is 0 Å². The molecule has 2 aromatic rings. The number of aromatic nitrogens is 2. The number of halogens is 3. The minimum Gasteiger partial charge on any atom is -0.393 e. The van der Waals surface area contributed by atoms with Crippen LogP contribution in [0.4, 0.5) is 13.2 Å². The van der Waals surface area contributed by atoms with Gasteiger partial charge in [0, 0.05) is 36.8 Å². The van der Waals surface area contributed by atoms with Crippen molar-refractivity contribution in [2.45, 2.75) is 12.4 Å². The van der Waals surface area contributed by atoms with E-state index in [1.165, 1.54) is 23.1 Å². The van der Waals surface area contributed by atoms with Crippen molar-refractivity contribution in [2.24, 2.45) is 0 Å². The Labute approximate surface area is 135 Å². The molecule has 0 amide bonds. The first-order valence-electron chi connectivity index (χ1n) is 6.47. The predicted octanol–water partition coefficient (Wildman–Crippen LogP) is 2.08. The van der Waals surface area contributed by atoms with Crippen LogP contribution in [0.15, 0.2) is 24.7 Å². The lowest BCUT2D eigenvalue weighted by molar-refractivity contribution is -0.0499. The van der Waals surface area contributed by atoms with Crippen LogP contribution in [0.25, 0.3) is 11.1 Å². The quantitative estimate of drug-likeness (QED) is 0.482. The smallest absolute Gasteiger partial charge is 0.393 e. The lowest BCUT2D eigenvalue weighted by Gasteiger charge is -2.13. The number of aryl methyl sites for hydroxylation is 1. The molecule has 0 aliphatic rings. The van der Waals surface area contributed by atoms with E-state index in [4.69, 9.17) is 5.41 Å². The predicted molar refractivity (Wildman–Crippen MR) is 81.4 cm³/mol. The van der Waals surface area contributed by atoms with Crippen molar-refractivity contribution in [1.29, 1.82) is 5.41 Å². The van der Waals surface area contributed by atoms with E-state index in [0.29, 0.717) is 11.1 Å². The highest BCUT2D eigenvalue weighted by atomic mass is 32.2. The highest BCUT2D eigenvalue weighted by molar-refractivity contribution is 7.88. The minimum absolute atomic E-state index is 0.0837. The van der Waals surface area contributed by atoms with Gasteiger partial charge in [0.25, 0.3) is 0 Å². The summed E-state index contributed by atoms with van der Waals surface area (Å²) in [5.74, 6) is -0.524. The Bertz CT molecular complexity index is 916. The summed E-state index contributed by atoms with van der Waals surface area (Å²) in [5.41, 5.74) is -4.49. The number of hydrogen-bond acceptors (Lipinski definition) is 6. The van der Waals surface area contributed by atoms with Crippen molar-refractivity contribution in [2.75, 3.05) is 7.05 Å². The molecule has 2 rings (SSSR count). The Morgan fingerprint density at radius 1 is 1.46 bits per heavy atom. The van der Waals surface area contributed by atoms with Gasteiger partial charge < -0.3 is 14.9 Å². The normalized spacial score (nSPS) is 13.1. The van der Waals surface area contributed by atoms with Gasteiger partial charge >= 0.3 is 15.6 Å². The van der Waals surface area contributed by atoms with Crippen molar-refractivity contribution in [3.8, 4) is 5.75 Å². The number of pyridine rings is 1. The standard InChI is InChI=1S/C13H13F3N4O3S/c1-8-5-19-20-7-9(10(4-17)6-18-2)3-11(12(8)20)23-24(21,22)13(14,15)16/h3-7,17-18H,1-2H3/b10-6+,17-4?. The molecule has 0 radical (unpaired) electrons. The van der Waals surface area contributed by atoms with Gasteiger partial charge in [-0.05, 0) is 18.6 Å². The van der Waals surface area contributed by atoms with Crippen molar-refractivity contribution in [3.05, 3.63) is 35.8 Å². The zero-order valence-corrected chi connectivity index (χ0v) is 13.4. The summed E-state index contributed by atoms with van der Waals surface area (Å²) in [5, 5.41) is 14.0. The Hall–Kier alpha value is -2.56. The topological polar surface area (TPSA) is 96.5 Å².